The predicted molar refractivity (Wildman–Crippen MR) is 139 cm³/mol. The molecule has 194 valence electrons. The standard InChI is InChI=1S/C24H26N6O6S/c1-35-18-12-14(4-7-17(18)36-10-9-31)19(27-15-5-2-13(3-6-15)21(25)26)22-28-24(34)30(29-22)16-8-11-37-20(16)23(32)33/h2-7,12,19,27,31H,8-11H2,1H3,(H3,25,26)(H,32,33)(H,28,29,34). The third-order valence-electron chi connectivity index (χ3n) is 5.58. The van der Waals surface area contributed by atoms with E-state index in [2.05, 4.69) is 15.4 Å². The number of nitrogens with one attached hydrogen (secondary N) is 3. The van der Waals surface area contributed by atoms with E-state index in [4.69, 9.17) is 25.7 Å². The van der Waals surface area contributed by atoms with E-state index in [1.54, 1.807) is 42.5 Å². The monoisotopic (exact) mass is 526 g/mol. The van der Waals surface area contributed by atoms with Gasteiger partial charge in [-0.25, -0.2) is 9.59 Å². The first-order chi connectivity index (χ1) is 17.8. The molecule has 1 aliphatic heterocycles. The molecule has 0 saturated heterocycles. The summed E-state index contributed by atoms with van der Waals surface area (Å²) < 4.78 is 12.1. The molecule has 0 saturated carbocycles. The molecule has 0 aliphatic carbocycles. The quantitative estimate of drug-likeness (QED) is 0.159. The van der Waals surface area contributed by atoms with Crippen LogP contribution in [0.3, 0.4) is 0 Å². The molecule has 37 heavy (non-hydrogen) atoms. The summed E-state index contributed by atoms with van der Waals surface area (Å²) in [6.45, 7) is -0.0624. The van der Waals surface area contributed by atoms with Crippen molar-refractivity contribution in [2.45, 2.75) is 12.5 Å². The van der Waals surface area contributed by atoms with Crippen LogP contribution in [-0.4, -0.2) is 62.9 Å². The zero-order valence-corrected chi connectivity index (χ0v) is 20.7. The topological polar surface area (TPSA) is 189 Å². The van der Waals surface area contributed by atoms with E-state index in [9.17, 15) is 14.7 Å². The van der Waals surface area contributed by atoms with Crippen molar-refractivity contribution >= 4 is 35.0 Å². The van der Waals surface area contributed by atoms with Gasteiger partial charge in [0, 0.05) is 23.4 Å². The summed E-state index contributed by atoms with van der Waals surface area (Å²) in [5.74, 6) is 0.477. The number of hydrogen-bond acceptors (Lipinski definition) is 9. The minimum Gasteiger partial charge on any atom is -0.493 e. The summed E-state index contributed by atoms with van der Waals surface area (Å²) >= 11 is 1.17. The molecule has 3 aromatic rings. The first-order valence-corrected chi connectivity index (χ1v) is 12.2. The molecular weight excluding hydrogens is 500 g/mol. The molecule has 4 rings (SSSR count). The number of rotatable bonds is 11. The Morgan fingerprint density at radius 2 is 2.05 bits per heavy atom. The molecule has 2 heterocycles. The zero-order chi connectivity index (χ0) is 26.5. The molecule has 0 amide bonds. The van der Waals surface area contributed by atoms with Crippen LogP contribution in [0.1, 0.15) is 29.4 Å². The molecule has 0 bridgehead atoms. The smallest absolute Gasteiger partial charge is 0.347 e. The Kier molecular flexibility index (Phi) is 7.84. The molecule has 2 aromatic carbocycles. The number of aliphatic hydroxyl groups is 1. The number of carboxylic acid groups (broad SMARTS) is 1. The molecule has 1 aliphatic rings. The number of carboxylic acids is 1. The highest BCUT2D eigenvalue weighted by Gasteiger charge is 2.27. The van der Waals surface area contributed by atoms with Crippen LogP contribution < -0.4 is 26.2 Å². The number of benzene rings is 2. The number of aliphatic carboxylic acids is 1. The van der Waals surface area contributed by atoms with Crippen molar-refractivity contribution in [1.82, 2.24) is 14.8 Å². The van der Waals surface area contributed by atoms with E-state index >= 15 is 0 Å². The number of thioether (sulfide) groups is 1. The number of methoxy groups -OCH3 is 1. The fourth-order valence-corrected chi connectivity index (χ4v) is 4.83. The molecule has 0 spiro atoms. The number of allylic oxidation sites excluding steroid dienone is 1. The number of aliphatic hydroxyl groups excluding tert-OH is 1. The van der Waals surface area contributed by atoms with Crippen molar-refractivity contribution in [1.29, 1.82) is 5.41 Å². The van der Waals surface area contributed by atoms with E-state index in [0.717, 1.165) is 4.68 Å². The molecule has 0 radical (unpaired) electrons. The fourth-order valence-electron chi connectivity index (χ4n) is 3.85. The second-order valence-corrected chi connectivity index (χ2v) is 9.06. The van der Waals surface area contributed by atoms with Crippen LogP contribution in [0.15, 0.2) is 52.2 Å². The number of amidine groups is 1. The maximum Gasteiger partial charge on any atom is 0.347 e. The Bertz CT molecular complexity index is 1400. The Labute approximate surface area is 215 Å². The average Bonchev–Trinajstić information content (AvgIpc) is 3.53. The Balaban J connectivity index is 1.77. The van der Waals surface area contributed by atoms with Gasteiger partial charge < -0.3 is 30.7 Å². The second kappa shape index (κ2) is 11.2. The first-order valence-electron chi connectivity index (χ1n) is 11.2. The van der Waals surface area contributed by atoms with Gasteiger partial charge in [0.1, 0.15) is 23.4 Å². The van der Waals surface area contributed by atoms with E-state index in [-0.39, 0.29) is 29.8 Å². The number of ether oxygens (including phenoxy) is 2. The maximum atomic E-state index is 12.9. The molecule has 0 fully saturated rings. The molecular formula is C24H26N6O6S. The van der Waals surface area contributed by atoms with E-state index in [1.165, 1.54) is 18.9 Å². The summed E-state index contributed by atoms with van der Waals surface area (Å²) in [4.78, 5) is 27.4. The summed E-state index contributed by atoms with van der Waals surface area (Å²) in [7, 11) is 1.49. The van der Waals surface area contributed by atoms with E-state index in [0.29, 0.717) is 46.2 Å². The highest BCUT2D eigenvalue weighted by Crippen LogP contribution is 2.35. The van der Waals surface area contributed by atoms with Gasteiger partial charge in [-0.3, -0.25) is 10.4 Å². The first kappa shape index (κ1) is 25.9. The summed E-state index contributed by atoms with van der Waals surface area (Å²) in [5, 5.41) is 34.0. The van der Waals surface area contributed by atoms with Gasteiger partial charge >= 0.3 is 11.7 Å². The number of anilines is 1. The molecule has 12 nitrogen and oxygen atoms in total. The average molecular weight is 527 g/mol. The number of nitrogen functional groups attached to an aromatic ring is 1. The predicted octanol–water partition coefficient (Wildman–Crippen LogP) is 1.83. The lowest BCUT2D eigenvalue weighted by atomic mass is 10.0. The minimum atomic E-state index is -1.10. The highest BCUT2D eigenvalue weighted by molar-refractivity contribution is 8.04. The number of aromatic nitrogens is 3. The molecule has 7 N–H and O–H groups in total. The van der Waals surface area contributed by atoms with Crippen LogP contribution in [0, 0.1) is 5.41 Å². The van der Waals surface area contributed by atoms with Crippen molar-refractivity contribution in [3.8, 4) is 11.5 Å². The van der Waals surface area contributed by atoms with Crippen molar-refractivity contribution in [2.24, 2.45) is 5.73 Å². The SMILES string of the molecule is COc1cc(C(Nc2ccc(C(=N)N)cc2)c2nn(C3=C(C(=O)O)SCC3)c(=O)[nH]2)ccc1OCCO. The maximum absolute atomic E-state index is 12.9. The molecule has 1 atom stereocenters. The zero-order valence-electron chi connectivity index (χ0n) is 19.9. The van der Waals surface area contributed by atoms with Crippen LogP contribution in [0.25, 0.3) is 5.70 Å². The normalized spacial score (nSPS) is 13.9. The van der Waals surface area contributed by atoms with Crippen LogP contribution >= 0.6 is 11.8 Å². The number of nitrogens with zero attached hydrogens (tertiary/aromatic N) is 2. The summed E-state index contributed by atoms with van der Waals surface area (Å²) in [6, 6.07) is 11.4. The lowest BCUT2D eigenvalue weighted by Gasteiger charge is -2.20. The number of carbonyl (C=O) groups is 1. The highest BCUT2D eigenvalue weighted by atomic mass is 32.2. The van der Waals surface area contributed by atoms with Gasteiger partial charge in [-0.05, 0) is 42.0 Å². The third-order valence-corrected chi connectivity index (χ3v) is 6.69. The molecule has 1 aromatic heterocycles. The number of hydrogen-bond donors (Lipinski definition) is 6. The van der Waals surface area contributed by atoms with Crippen molar-refractivity contribution in [2.75, 3.05) is 31.4 Å². The number of aromatic amines is 1. The van der Waals surface area contributed by atoms with Gasteiger partial charge in [-0.1, -0.05) is 6.07 Å². The van der Waals surface area contributed by atoms with Crippen molar-refractivity contribution in [3.05, 3.63) is 74.8 Å². The molecule has 13 heteroatoms. The number of H-pyrrole nitrogens is 1. The Hall–Kier alpha value is -4.23. The summed E-state index contributed by atoms with van der Waals surface area (Å²) in [6.07, 6.45) is 0.395. The number of nitrogens with two attached hydrogens (primary N) is 1. The molecule has 1 unspecified atom stereocenters. The fraction of sp³-hybridized carbons (Fsp3) is 0.250. The van der Waals surface area contributed by atoms with Crippen molar-refractivity contribution < 1.29 is 24.5 Å². The van der Waals surface area contributed by atoms with Crippen LogP contribution in [-0.2, 0) is 4.79 Å². The van der Waals surface area contributed by atoms with Gasteiger partial charge in [-0.15, -0.1) is 16.9 Å². The van der Waals surface area contributed by atoms with E-state index in [1.807, 2.05) is 0 Å². The lowest BCUT2D eigenvalue weighted by Crippen LogP contribution is -2.18. The van der Waals surface area contributed by atoms with Gasteiger partial charge in [0.2, 0.25) is 0 Å². The minimum absolute atomic E-state index is 0.0636. The van der Waals surface area contributed by atoms with Gasteiger partial charge in [0.15, 0.2) is 17.3 Å². The van der Waals surface area contributed by atoms with Gasteiger partial charge in [0.25, 0.3) is 0 Å². The second-order valence-electron chi connectivity index (χ2n) is 7.96. The van der Waals surface area contributed by atoms with Crippen molar-refractivity contribution in [3.63, 3.8) is 0 Å². The largest absolute Gasteiger partial charge is 0.493 e. The summed E-state index contributed by atoms with van der Waals surface area (Å²) in [5.41, 5.74) is 7.22. The third kappa shape index (κ3) is 5.62. The Morgan fingerprint density at radius 1 is 1.30 bits per heavy atom. The van der Waals surface area contributed by atoms with Gasteiger partial charge in [0.05, 0.1) is 19.4 Å². The van der Waals surface area contributed by atoms with Crippen LogP contribution in [0.4, 0.5) is 5.69 Å². The lowest BCUT2D eigenvalue weighted by molar-refractivity contribution is -0.131. The van der Waals surface area contributed by atoms with Gasteiger partial charge in [-0.2, -0.15) is 4.68 Å². The Morgan fingerprint density at radius 3 is 2.70 bits per heavy atom. The van der Waals surface area contributed by atoms with E-state index < -0.39 is 17.7 Å². The van der Waals surface area contributed by atoms with Crippen LogP contribution in [0.2, 0.25) is 0 Å². The van der Waals surface area contributed by atoms with Crippen LogP contribution in [0.5, 0.6) is 11.5 Å².